The molecule has 2 aromatic rings. The lowest BCUT2D eigenvalue weighted by Crippen LogP contribution is -2.38. The second-order valence-electron chi connectivity index (χ2n) is 6.34. The van der Waals surface area contributed by atoms with Crippen molar-refractivity contribution in [1.82, 2.24) is 9.88 Å². The molecule has 0 bridgehead atoms. The molecule has 2 amide bonds. The van der Waals surface area contributed by atoms with Crippen LogP contribution in [0.1, 0.15) is 40.6 Å². The Kier molecular flexibility index (Phi) is 5.07. The maximum absolute atomic E-state index is 13.7. The molecule has 1 aliphatic heterocycles. The van der Waals surface area contributed by atoms with E-state index in [2.05, 4.69) is 17.2 Å². The van der Waals surface area contributed by atoms with Crippen molar-refractivity contribution in [2.24, 2.45) is 5.92 Å². The summed E-state index contributed by atoms with van der Waals surface area (Å²) < 4.78 is 13.7. The van der Waals surface area contributed by atoms with E-state index in [0.29, 0.717) is 19.0 Å². The number of hydrogen-bond acceptors (Lipinski definition) is 3. The van der Waals surface area contributed by atoms with Crippen molar-refractivity contribution in [3.8, 4) is 0 Å². The third kappa shape index (κ3) is 4.02. The molecule has 0 aliphatic carbocycles. The Hall–Kier alpha value is -2.76. The topological polar surface area (TPSA) is 62.3 Å². The highest BCUT2D eigenvalue weighted by atomic mass is 19.1. The maximum atomic E-state index is 13.7. The summed E-state index contributed by atoms with van der Waals surface area (Å²) in [5.41, 5.74) is 0.602. The summed E-state index contributed by atoms with van der Waals surface area (Å²) in [7, 11) is 0. The number of carbonyl (C=O) groups excluding carboxylic acids is 2. The first kappa shape index (κ1) is 17.1. The van der Waals surface area contributed by atoms with E-state index in [-0.39, 0.29) is 22.9 Å². The molecule has 1 aromatic carbocycles. The van der Waals surface area contributed by atoms with Crippen LogP contribution < -0.4 is 5.32 Å². The standard InChI is InChI=1S/C19H20FN3O2/c1-13-7-10-23(11-8-13)19(25)17-12-14(6-9-21-17)18(24)22-16-5-3-2-4-15(16)20/h2-6,9,12-13H,7-8,10-11H2,1H3,(H,22,24). The van der Waals surface area contributed by atoms with E-state index in [0.717, 1.165) is 12.8 Å². The Labute approximate surface area is 145 Å². The van der Waals surface area contributed by atoms with Gasteiger partial charge in [0, 0.05) is 24.8 Å². The van der Waals surface area contributed by atoms with Crippen LogP contribution in [0.2, 0.25) is 0 Å². The van der Waals surface area contributed by atoms with Gasteiger partial charge in [-0.25, -0.2) is 4.39 Å². The van der Waals surface area contributed by atoms with Crippen LogP contribution >= 0.6 is 0 Å². The third-order valence-electron chi connectivity index (χ3n) is 4.43. The summed E-state index contributed by atoms with van der Waals surface area (Å²) in [6.07, 6.45) is 3.37. The highest BCUT2D eigenvalue weighted by Crippen LogP contribution is 2.18. The quantitative estimate of drug-likeness (QED) is 0.931. The number of likely N-dealkylation sites (tertiary alicyclic amines) is 1. The fraction of sp³-hybridized carbons (Fsp3) is 0.316. The summed E-state index contributed by atoms with van der Waals surface area (Å²) in [6.45, 7) is 3.58. The molecule has 6 heteroatoms. The van der Waals surface area contributed by atoms with Crippen molar-refractivity contribution >= 4 is 17.5 Å². The van der Waals surface area contributed by atoms with Gasteiger partial charge in [0.25, 0.3) is 11.8 Å². The highest BCUT2D eigenvalue weighted by molar-refractivity contribution is 6.05. The summed E-state index contributed by atoms with van der Waals surface area (Å²) >= 11 is 0. The van der Waals surface area contributed by atoms with Crippen molar-refractivity contribution in [3.63, 3.8) is 0 Å². The van der Waals surface area contributed by atoms with Gasteiger partial charge >= 0.3 is 0 Å². The normalized spacial score (nSPS) is 15.0. The van der Waals surface area contributed by atoms with E-state index < -0.39 is 11.7 Å². The number of halogens is 1. The smallest absolute Gasteiger partial charge is 0.272 e. The van der Waals surface area contributed by atoms with Gasteiger partial charge in [-0.3, -0.25) is 14.6 Å². The van der Waals surface area contributed by atoms with Crippen LogP contribution in [0.3, 0.4) is 0 Å². The average Bonchev–Trinajstić information content (AvgIpc) is 2.64. The van der Waals surface area contributed by atoms with E-state index in [1.807, 2.05) is 0 Å². The number of hydrogen-bond donors (Lipinski definition) is 1. The molecule has 3 rings (SSSR count). The first-order chi connectivity index (χ1) is 12.0. The summed E-state index contributed by atoms with van der Waals surface area (Å²) in [6, 6.07) is 8.90. The maximum Gasteiger partial charge on any atom is 0.272 e. The minimum absolute atomic E-state index is 0.0993. The number of nitrogens with zero attached hydrogens (tertiary/aromatic N) is 2. The SMILES string of the molecule is CC1CCN(C(=O)c2cc(C(=O)Nc3ccccc3F)ccn2)CC1. The molecule has 0 spiro atoms. The largest absolute Gasteiger partial charge is 0.337 e. The van der Waals surface area contributed by atoms with Crippen LogP contribution in [-0.2, 0) is 0 Å². The molecule has 1 N–H and O–H groups in total. The van der Waals surface area contributed by atoms with Gasteiger partial charge in [-0.1, -0.05) is 19.1 Å². The first-order valence-corrected chi connectivity index (χ1v) is 8.36. The lowest BCUT2D eigenvalue weighted by Gasteiger charge is -2.30. The van der Waals surface area contributed by atoms with Crippen molar-refractivity contribution in [2.75, 3.05) is 18.4 Å². The van der Waals surface area contributed by atoms with Gasteiger partial charge < -0.3 is 10.2 Å². The minimum atomic E-state index is -0.511. The van der Waals surface area contributed by atoms with Crippen LogP contribution in [0.5, 0.6) is 0 Å². The average molecular weight is 341 g/mol. The lowest BCUT2D eigenvalue weighted by molar-refractivity contribution is 0.0691. The first-order valence-electron chi connectivity index (χ1n) is 8.36. The molecule has 0 unspecified atom stereocenters. The fourth-order valence-electron chi connectivity index (χ4n) is 2.82. The van der Waals surface area contributed by atoms with Gasteiger partial charge in [0.2, 0.25) is 0 Å². The molecule has 1 aliphatic rings. The van der Waals surface area contributed by atoms with Gasteiger partial charge in [-0.15, -0.1) is 0 Å². The van der Waals surface area contributed by atoms with Gasteiger partial charge in [-0.05, 0) is 43.0 Å². The van der Waals surface area contributed by atoms with E-state index >= 15 is 0 Å². The molecule has 2 heterocycles. The van der Waals surface area contributed by atoms with E-state index in [1.54, 1.807) is 17.0 Å². The number of piperidine rings is 1. The van der Waals surface area contributed by atoms with Crippen molar-refractivity contribution < 1.29 is 14.0 Å². The van der Waals surface area contributed by atoms with Crippen LogP contribution in [0.4, 0.5) is 10.1 Å². The lowest BCUT2D eigenvalue weighted by atomic mass is 9.99. The van der Waals surface area contributed by atoms with E-state index in [1.165, 1.54) is 30.5 Å². The number of anilines is 1. The minimum Gasteiger partial charge on any atom is -0.337 e. The van der Waals surface area contributed by atoms with Crippen LogP contribution in [-0.4, -0.2) is 34.8 Å². The Balaban J connectivity index is 1.73. The number of aromatic nitrogens is 1. The molecule has 1 saturated heterocycles. The predicted molar refractivity (Wildman–Crippen MR) is 92.9 cm³/mol. The van der Waals surface area contributed by atoms with Gasteiger partial charge in [0.05, 0.1) is 5.69 Å². The Morgan fingerprint density at radius 1 is 1.20 bits per heavy atom. The number of rotatable bonds is 3. The van der Waals surface area contributed by atoms with Gasteiger partial charge in [0.1, 0.15) is 11.5 Å². The van der Waals surface area contributed by atoms with Crippen LogP contribution in [0.25, 0.3) is 0 Å². The van der Waals surface area contributed by atoms with Crippen LogP contribution in [0.15, 0.2) is 42.6 Å². The molecule has 1 fully saturated rings. The summed E-state index contributed by atoms with van der Waals surface area (Å²) in [5, 5.41) is 2.51. The van der Waals surface area contributed by atoms with Crippen molar-refractivity contribution in [1.29, 1.82) is 0 Å². The zero-order chi connectivity index (χ0) is 17.8. The third-order valence-corrected chi connectivity index (χ3v) is 4.43. The zero-order valence-corrected chi connectivity index (χ0v) is 14.0. The Morgan fingerprint density at radius 2 is 1.92 bits per heavy atom. The molecule has 5 nitrogen and oxygen atoms in total. The molecular formula is C19H20FN3O2. The van der Waals surface area contributed by atoms with E-state index in [4.69, 9.17) is 0 Å². The molecule has 130 valence electrons. The summed E-state index contributed by atoms with van der Waals surface area (Å²) in [5.74, 6) is -0.542. The number of pyridine rings is 1. The number of amides is 2. The molecular weight excluding hydrogens is 321 g/mol. The number of carbonyl (C=O) groups is 2. The van der Waals surface area contributed by atoms with Crippen LogP contribution in [0, 0.1) is 11.7 Å². The number of para-hydroxylation sites is 1. The Bertz CT molecular complexity index is 786. The number of benzene rings is 1. The monoisotopic (exact) mass is 341 g/mol. The molecule has 0 atom stereocenters. The fourth-order valence-corrected chi connectivity index (χ4v) is 2.82. The molecule has 0 radical (unpaired) electrons. The molecule has 0 saturated carbocycles. The van der Waals surface area contributed by atoms with Gasteiger partial charge in [-0.2, -0.15) is 0 Å². The van der Waals surface area contributed by atoms with Crippen molar-refractivity contribution in [3.05, 3.63) is 59.7 Å². The second kappa shape index (κ2) is 7.42. The van der Waals surface area contributed by atoms with Crippen molar-refractivity contribution in [2.45, 2.75) is 19.8 Å². The number of nitrogens with one attached hydrogen (secondary N) is 1. The zero-order valence-electron chi connectivity index (χ0n) is 14.0. The molecule has 1 aromatic heterocycles. The second-order valence-corrected chi connectivity index (χ2v) is 6.34. The predicted octanol–water partition coefficient (Wildman–Crippen LogP) is 3.35. The van der Waals surface area contributed by atoms with Gasteiger partial charge in [0.15, 0.2) is 0 Å². The summed E-state index contributed by atoms with van der Waals surface area (Å²) in [4.78, 5) is 30.8. The Morgan fingerprint density at radius 3 is 2.64 bits per heavy atom. The molecule has 25 heavy (non-hydrogen) atoms. The highest BCUT2D eigenvalue weighted by Gasteiger charge is 2.23. The van der Waals surface area contributed by atoms with E-state index in [9.17, 15) is 14.0 Å².